The predicted octanol–water partition coefficient (Wildman–Crippen LogP) is 3.13. The molecule has 0 N–H and O–H groups in total. The SMILES string of the molecule is Cc1nnc(N2CCC(C(=O)c3ccccc3Cl)CC2)o1. The van der Waals surface area contributed by atoms with Gasteiger partial charge in [-0.1, -0.05) is 28.8 Å². The minimum atomic E-state index is 0.00479. The van der Waals surface area contributed by atoms with Gasteiger partial charge in [0.25, 0.3) is 0 Å². The van der Waals surface area contributed by atoms with Crippen LogP contribution in [0.5, 0.6) is 0 Å². The molecular formula is C15H16ClN3O2. The second-order valence-electron chi connectivity index (χ2n) is 5.21. The molecule has 110 valence electrons. The molecule has 2 heterocycles. The van der Waals surface area contributed by atoms with Gasteiger partial charge in [-0.2, -0.15) is 0 Å². The van der Waals surface area contributed by atoms with Crippen LogP contribution in [-0.2, 0) is 0 Å². The van der Waals surface area contributed by atoms with E-state index in [1.807, 2.05) is 17.0 Å². The average molecular weight is 306 g/mol. The van der Waals surface area contributed by atoms with E-state index in [9.17, 15) is 4.79 Å². The summed E-state index contributed by atoms with van der Waals surface area (Å²) in [6.45, 7) is 3.25. The fourth-order valence-electron chi connectivity index (χ4n) is 2.63. The van der Waals surface area contributed by atoms with Gasteiger partial charge in [-0.15, -0.1) is 5.10 Å². The number of nitrogens with zero attached hydrogens (tertiary/aromatic N) is 3. The largest absolute Gasteiger partial charge is 0.408 e. The van der Waals surface area contributed by atoms with E-state index in [4.69, 9.17) is 16.0 Å². The molecule has 3 rings (SSSR count). The molecule has 0 spiro atoms. The lowest BCUT2D eigenvalue weighted by atomic mass is 9.89. The number of carbonyl (C=O) groups is 1. The number of ketones is 1. The molecular weight excluding hydrogens is 290 g/mol. The Labute approximate surface area is 127 Å². The van der Waals surface area contributed by atoms with E-state index in [2.05, 4.69) is 10.2 Å². The van der Waals surface area contributed by atoms with Crippen LogP contribution in [0.2, 0.25) is 5.02 Å². The highest BCUT2D eigenvalue weighted by Gasteiger charge is 2.28. The van der Waals surface area contributed by atoms with Crippen molar-refractivity contribution in [3.05, 3.63) is 40.7 Å². The molecule has 1 aliphatic rings. The van der Waals surface area contributed by atoms with Crippen LogP contribution in [0.15, 0.2) is 28.7 Å². The molecule has 0 saturated carbocycles. The van der Waals surface area contributed by atoms with Gasteiger partial charge in [-0.25, -0.2) is 0 Å². The number of rotatable bonds is 3. The Hall–Kier alpha value is -1.88. The number of aromatic nitrogens is 2. The second kappa shape index (κ2) is 5.85. The van der Waals surface area contributed by atoms with Gasteiger partial charge in [0.15, 0.2) is 5.78 Å². The Morgan fingerprint density at radius 2 is 2.00 bits per heavy atom. The van der Waals surface area contributed by atoms with Gasteiger partial charge in [-0.05, 0) is 25.0 Å². The summed E-state index contributed by atoms with van der Waals surface area (Å²) in [7, 11) is 0. The molecule has 0 radical (unpaired) electrons. The maximum atomic E-state index is 12.5. The van der Waals surface area contributed by atoms with Gasteiger partial charge in [0.1, 0.15) is 0 Å². The first kappa shape index (κ1) is 14.1. The van der Waals surface area contributed by atoms with E-state index >= 15 is 0 Å². The maximum absolute atomic E-state index is 12.5. The molecule has 6 heteroatoms. The first-order valence-corrected chi connectivity index (χ1v) is 7.37. The van der Waals surface area contributed by atoms with E-state index in [0.717, 1.165) is 25.9 Å². The average Bonchev–Trinajstić information content (AvgIpc) is 2.94. The fraction of sp³-hybridized carbons (Fsp3) is 0.400. The predicted molar refractivity (Wildman–Crippen MR) is 79.8 cm³/mol. The van der Waals surface area contributed by atoms with E-state index in [1.54, 1.807) is 19.1 Å². The standard InChI is InChI=1S/C15H16ClN3O2/c1-10-17-18-15(21-10)19-8-6-11(7-9-19)14(20)12-4-2-3-5-13(12)16/h2-5,11H,6-9H2,1H3. The van der Waals surface area contributed by atoms with Crippen LogP contribution in [0.4, 0.5) is 6.01 Å². The van der Waals surface area contributed by atoms with Gasteiger partial charge in [0.05, 0.1) is 5.02 Å². The van der Waals surface area contributed by atoms with Crippen LogP contribution in [-0.4, -0.2) is 29.1 Å². The highest BCUT2D eigenvalue weighted by Crippen LogP contribution is 2.27. The van der Waals surface area contributed by atoms with Crippen molar-refractivity contribution in [2.75, 3.05) is 18.0 Å². The number of piperidine rings is 1. The van der Waals surface area contributed by atoms with Crippen molar-refractivity contribution in [1.82, 2.24) is 10.2 Å². The molecule has 1 saturated heterocycles. The fourth-order valence-corrected chi connectivity index (χ4v) is 2.86. The van der Waals surface area contributed by atoms with Crippen LogP contribution in [0.1, 0.15) is 29.1 Å². The van der Waals surface area contributed by atoms with Crippen LogP contribution < -0.4 is 4.90 Å². The van der Waals surface area contributed by atoms with E-state index in [0.29, 0.717) is 22.5 Å². The molecule has 0 unspecified atom stereocenters. The summed E-state index contributed by atoms with van der Waals surface area (Å²) in [5.41, 5.74) is 0.617. The van der Waals surface area contributed by atoms with Crippen LogP contribution in [0.25, 0.3) is 0 Å². The lowest BCUT2D eigenvalue weighted by Gasteiger charge is -2.29. The summed E-state index contributed by atoms with van der Waals surface area (Å²) >= 11 is 6.10. The summed E-state index contributed by atoms with van der Waals surface area (Å²) in [6, 6.07) is 7.76. The molecule has 2 aromatic rings. The van der Waals surface area contributed by atoms with E-state index < -0.39 is 0 Å². The molecule has 0 atom stereocenters. The van der Waals surface area contributed by atoms with Crippen molar-refractivity contribution in [2.24, 2.45) is 5.92 Å². The number of carbonyl (C=O) groups excluding carboxylic acids is 1. The van der Waals surface area contributed by atoms with Crippen LogP contribution in [0.3, 0.4) is 0 Å². The molecule has 1 aromatic heterocycles. The zero-order valence-corrected chi connectivity index (χ0v) is 12.5. The highest BCUT2D eigenvalue weighted by molar-refractivity contribution is 6.34. The van der Waals surface area contributed by atoms with E-state index in [1.165, 1.54) is 0 Å². The molecule has 0 bridgehead atoms. The van der Waals surface area contributed by atoms with Crippen molar-refractivity contribution in [1.29, 1.82) is 0 Å². The van der Waals surface area contributed by atoms with Gasteiger partial charge < -0.3 is 9.32 Å². The number of benzene rings is 1. The number of hydrogen-bond acceptors (Lipinski definition) is 5. The molecule has 1 fully saturated rings. The Balaban J connectivity index is 1.66. The lowest BCUT2D eigenvalue weighted by molar-refractivity contribution is 0.0899. The first-order valence-electron chi connectivity index (χ1n) is 6.99. The number of halogens is 1. The lowest BCUT2D eigenvalue weighted by Crippen LogP contribution is -2.36. The summed E-state index contributed by atoms with van der Waals surface area (Å²) < 4.78 is 5.42. The summed E-state index contributed by atoms with van der Waals surface area (Å²) in [5.74, 6) is 0.686. The second-order valence-corrected chi connectivity index (χ2v) is 5.62. The number of anilines is 1. The quantitative estimate of drug-likeness (QED) is 0.815. The van der Waals surface area contributed by atoms with Gasteiger partial charge in [0, 0.05) is 31.5 Å². The van der Waals surface area contributed by atoms with Crippen molar-refractivity contribution in [2.45, 2.75) is 19.8 Å². The molecule has 1 aliphatic heterocycles. The maximum Gasteiger partial charge on any atom is 0.318 e. The molecule has 1 aromatic carbocycles. The molecule has 0 aliphatic carbocycles. The summed E-state index contributed by atoms with van der Waals surface area (Å²) in [6.07, 6.45) is 1.54. The Kier molecular flexibility index (Phi) is 3.92. The topological polar surface area (TPSA) is 59.2 Å². The zero-order chi connectivity index (χ0) is 14.8. The third kappa shape index (κ3) is 2.93. The Morgan fingerprint density at radius 3 is 2.62 bits per heavy atom. The first-order chi connectivity index (χ1) is 10.1. The minimum absolute atomic E-state index is 0.00479. The van der Waals surface area contributed by atoms with Gasteiger partial charge >= 0.3 is 6.01 Å². The molecule has 21 heavy (non-hydrogen) atoms. The van der Waals surface area contributed by atoms with Crippen molar-refractivity contribution in [3.8, 4) is 0 Å². The molecule has 5 nitrogen and oxygen atoms in total. The normalized spacial score (nSPS) is 16.2. The van der Waals surface area contributed by atoms with Crippen molar-refractivity contribution >= 4 is 23.4 Å². The zero-order valence-electron chi connectivity index (χ0n) is 11.8. The minimum Gasteiger partial charge on any atom is -0.408 e. The number of aryl methyl sites for hydroxylation is 1. The van der Waals surface area contributed by atoms with Gasteiger partial charge in [-0.3, -0.25) is 4.79 Å². The molecule has 0 amide bonds. The third-order valence-corrected chi connectivity index (χ3v) is 4.12. The highest BCUT2D eigenvalue weighted by atomic mass is 35.5. The van der Waals surface area contributed by atoms with Crippen molar-refractivity contribution < 1.29 is 9.21 Å². The Morgan fingerprint density at radius 1 is 1.29 bits per heavy atom. The monoisotopic (exact) mass is 305 g/mol. The van der Waals surface area contributed by atoms with Crippen molar-refractivity contribution in [3.63, 3.8) is 0 Å². The van der Waals surface area contributed by atoms with E-state index in [-0.39, 0.29) is 11.7 Å². The Bertz CT molecular complexity index is 648. The number of Topliss-reactive ketones (excluding diaryl/α,β-unsaturated/α-hetero) is 1. The van der Waals surface area contributed by atoms with Crippen LogP contribution >= 0.6 is 11.6 Å². The van der Waals surface area contributed by atoms with Gasteiger partial charge in [0.2, 0.25) is 5.89 Å². The summed E-state index contributed by atoms with van der Waals surface area (Å²) in [4.78, 5) is 14.5. The summed E-state index contributed by atoms with van der Waals surface area (Å²) in [5, 5.41) is 8.37. The third-order valence-electron chi connectivity index (χ3n) is 3.79. The van der Waals surface area contributed by atoms with Crippen LogP contribution in [0, 0.1) is 12.8 Å². The number of hydrogen-bond donors (Lipinski definition) is 0. The smallest absolute Gasteiger partial charge is 0.318 e.